The summed E-state index contributed by atoms with van der Waals surface area (Å²) in [6.45, 7) is 3.88. The van der Waals surface area contributed by atoms with Crippen LogP contribution in [0, 0.1) is 6.92 Å². The first-order valence-electron chi connectivity index (χ1n) is 13.1. The Balaban J connectivity index is 1.35. The van der Waals surface area contributed by atoms with Crippen LogP contribution in [0.1, 0.15) is 62.8 Å². The summed E-state index contributed by atoms with van der Waals surface area (Å²) in [5.74, 6) is 2.17. The van der Waals surface area contributed by atoms with Gasteiger partial charge in [0.15, 0.2) is 5.82 Å². The number of nitrogens with one attached hydrogen (secondary N) is 1. The largest absolute Gasteiger partial charge is 0.611 e. The van der Waals surface area contributed by atoms with E-state index in [2.05, 4.69) is 15.2 Å². The molecule has 1 N–H and O–H groups in total. The van der Waals surface area contributed by atoms with Crippen molar-refractivity contribution in [2.45, 2.75) is 74.4 Å². The van der Waals surface area contributed by atoms with Gasteiger partial charge in [-0.2, -0.15) is 4.98 Å². The predicted molar refractivity (Wildman–Crippen MR) is 142 cm³/mol. The zero-order valence-corrected chi connectivity index (χ0v) is 21.9. The molecule has 3 aliphatic rings. The minimum atomic E-state index is -1.06. The summed E-state index contributed by atoms with van der Waals surface area (Å²) in [7, 11) is 1.67. The van der Waals surface area contributed by atoms with E-state index in [0.29, 0.717) is 5.95 Å². The van der Waals surface area contributed by atoms with Crippen LogP contribution in [0.15, 0.2) is 35.6 Å². The molecule has 1 aromatic carbocycles. The molecule has 3 aromatic rings. The fourth-order valence-corrected chi connectivity index (χ4v) is 8.00. The molecule has 2 aromatic heterocycles. The highest BCUT2D eigenvalue weighted by Gasteiger charge is 2.54. The zero-order valence-electron chi connectivity index (χ0n) is 21.1. The molecule has 2 fully saturated rings. The van der Waals surface area contributed by atoms with Crippen LogP contribution < -0.4 is 15.0 Å². The number of rotatable bonds is 5. The Morgan fingerprint density at radius 3 is 2.56 bits per heavy atom. The van der Waals surface area contributed by atoms with Gasteiger partial charge in [-0.3, -0.25) is 0 Å². The number of imidazole rings is 1. The summed E-state index contributed by atoms with van der Waals surface area (Å²) in [6, 6.07) is 5.97. The average Bonchev–Trinajstić information content (AvgIpc) is 3.45. The fraction of sp³-hybridized carbons (Fsp3) is 0.519. The van der Waals surface area contributed by atoms with Crippen molar-refractivity contribution in [3.05, 3.63) is 42.1 Å². The fourth-order valence-electron chi connectivity index (χ4n) is 5.97. The summed E-state index contributed by atoms with van der Waals surface area (Å²) in [6.07, 6.45) is 13.7. The number of anilines is 3. The van der Waals surface area contributed by atoms with Crippen LogP contribution >= 0.6 is 0 Å². The van der Waals surface area contributed by atoms with Crippen LogP contribution in [0.4, 0.5) is 17.5 Å². The lowest BCUT2D eigenvalue weighted by Crippen LogP contribution is -2.39. The van der Waals surface area contributed by atoms with Gasteiger partial charge in [-0.25, -0.2) is 9.97 Å². The third-order valence-electron chi connectivity index (χ3n) is 7.83. The minimum Gasteiger partial charge on any atom is -0.611 e. The summed E-state index contributed by atoms with van der Waals surface area (Å²) in [5, 5.41) is 3.43. The molecule has 2 aliphatic heterocycles. The van der Waals surface area contributed by atoms with Gasteiger partial charge in [0.05, 0.1) is 24.8 Å². The van der Waals surface area contributed by atoms with Gasteiger partial charge >= 0.3 is 0 Å². The van der Waals surface area contributed by atoms with E-state index in [-0.39, 0.29) is 4.75 Å². The maximum atomic E-state index is 13.9. The van der Waals surface area contributed by atoms with Crippen LogP contribution in [0.5, 0.6) is 5.75 Å². The van der Waals surface area contributed by atoms with Crippen molar-refractivity contribution in [2.75, 3.05) is 30.4 Å². The first kappa shape index (κ1) is 23.6. The van der Waals surface area contributed by atoms with Crippen molar-refractivity contribution in [1.29, 1.82) is 0 Å². The second-order valence-corrected chi connectivity index (χ2v) is 12.1. The third-order valence-corrected chi connectivity index (χ3v) is 9.96. The van der Waals surface area contributed by atoms with Crippen LogP contribution in [0.25, 0.3) is 5.69 Å². The van der Waals surface area contributed by atoms with Crippen molar-refractivity contribution in [3.63, 3.8) is 0 Å². The lowest BCUT2D eigenvalue weighted by Gasteiger charge is -2.34. The molecule has 6 rings (SSSR count). The molecule has 1 spiro atoms. The van der Waals surface area contributed by atoms with Gasteiger partial charge in [0.2, 0.25) is 10.8 Å². The number of piperidine rings is 1. The molecule has 9 heteroatoms. The smallest absolute Gasteiger partial charge is 0.229 e. The van der Waals surface area contributed by atoms with Gasteiger partial charge in [-0.1, -0.05) is 6.42 Å². The van der Waals surface area contributed by atoms with Gasteiger partial charge in [-0.05, 0) is 75.2 Å². The minimum absolute atomic E-state index is 0.160. The molecule has 1 saturated carbocycles. The number of methoxy groups -OCH3 is 1. The normalized spacial score (nSPS) is 21.0. The molecular formula is C27H34N6O2S. The number of aromatic nitrogens is 4. The quantitative estimate of drug-likeness (QED) is 0.483. The molecule has 0 bridgehead atoms. The standard InChI is InChI=1S/C27H34N6O2S/c1-19-17-33(18-28-19)22-10-9-20(15-23(22)35-2)29-26-30-21-16-27(11-5-3-6-12-27)36(34)24(21)25(31-26)32-13-7-4-8-14-32/h9-10,15,17-18H,3-8,11-14,16H2,1-2H3,(H,29,30,31). The molecule has 1 unspecified atom stereocenters. The molecule has 0 amide bonds. The van der Waals surface area contributed by atoms with Gasteiger partial charge in [0.1, 0.15) is 16.2 Å². The lowest BCUT2D eigenvalue weighted by atomic mass is 9.85. The first-order valence-corrected chi connectivity index (χ1v) is 14.3. The average molecular weight is 507 g/mol. The number of hydrogen-bond acceptors (Lipinski definition) is 7. The highest BCUT2D eigenvalue weighted by molar-refractivity contribution is 7.93. The Kier molecular flexibility index (Phi) is 6.29. The number of hydrogen-bond donors (Lipinski definition) is 1. The van der Waals surface area contributed by atoms with E-state index in [1.807, 2.05) is 35.9 Å². The predicted octanol–water partition coefficient (Wildman–Crippen LogP) is 5.08. The first-order chi connectivity index (χ1) is 17.6. The second kappa shape index (κ2) is 9.59. The molecule has 1 saturated heterocycles. The topological polar surface area (TPSA) is 91.2 Å². The number of aryl methyl sites for hydroxylation is 1. The Hall–Kier alpha value is -2.78. The molecular weight excluding hydrogens is 472 g/mol. The molecule has 190 valence electrons. The summed E-state index contributed by atoms with van der Waals surface area (Å²) in [4.78, 5) is 17.5. The van der Waals surface area contributed by atoms with E-state index < -0.39 is 11.2 Å². The second-order valence-electron chi connectivity index (χ2n) is 10.3. The van der Waals surface area contributed by atoms with Crippen LogP contribution in [0.3, 0.4) is 0 Å². The van der Waals surface area contributed by atoms with Gasteiger partial charge < -0.3 is 24.1 Å². The van der Waals surface area contributed by atoms with E-state index >= 15 is 0 Å². The Labute approximate surface area is 215 Å². The Morgan fingerprint density at radius 1 is 1.06 bits per heavy atom. The number of nitrogens with zero attached hydrogens (tertiary/aromatic N) is 5. The lowest BCUT2D eigenvalue weighted by molar-refractivity contribution is 0.377. The van der Waals surface area contributed by atoms with Crippen LogP contribution in [0.2, 0.25) is 0 Å². The molecule has 0 radical (unpaired) electrons. The summed E-state index contributed by atoms with van der Waals surface area (Å²) < 4.78 is 21.4. The third kappa shape index (κ3) is 4.22. The highest BCUT2D eigenvalue weighted by Crippen LogP contribution is 2.50. The maximum Gasteiger partial charge on any atom is 0.229 e. The number of fused-ring (bicyclic) bond motifs is 1. The van der Waals surface area contributed by atoms with E-state index in [4.69, 9.17) is 14.7 Å². The van der Waals surface area contributed by atoms with Crippen molar-refractivity contribution < 1.29 is 9.29 Å². The highest BCUT2D eigenvalue weighted by atomic mass is 32.2. The summed E-state index contributed by atoms with van der Waals surface area (Å²) in [5.41, 5.74) is 3.68. The van der Waals surface area contributed by atoms with Crippen LogP contribution in [-0.2, 0) is 17.6 Å². The van der Waals surface area contributed by atoms with Gasteiger partial charge in [0.25, 0.3) is 0 Å². The number of ether oxygens (including phenoxy) is 1. The zero-order chi connectivity index (χ0) is 24.7. The summed E-state index contributed by atoms with van der Waals surface area (Å²) >= 11 is -1.06. The molecule has 1 atom stereocenters. The van der Waals surface area contributed by atoms with E-state index in [1.54, 1.807) is 13.4 Å². The van der Waals surface area contributed by atoms with Crippen molar-refractivity contribution in [2.24, 2.45) is 0 Å². The molecule has 36 heavy (non-hydrogen) atoms. The SMILES string of the molecule is COc1cc(Nc2nc3c(c(N4CCCCC4)n2)[S+]([O-])C2(CCCCC2)C3)ccc1-n1cnc(C)c1. The van der Waals surface area contributed by atoms with E-state index in [0.717, 1.165) is 97.3 Å². The van der Waals surface area contributed by atoms with Gasteiger partial charge in [0, 0.05) is 37.5 Å². The maximum absolute atomic E-state index is 13.9. The van der Waals surface area contributed by atoms with E-state index in [9.17, 15) is 4.55 Å². The molecule has 8 nitrogen and oxygen atoms in total. The monoisotopic (exact) mass is 506 g/mol. The van der Waals surface area contributed by atoms with Crippen molar-refractivity contribution in [1.82, 2.24) is 19.5 Å². The van der Waals surface area contributed by atoms with E-state index in [1.165, 1.54) is 12.8 Å². The number of benzene rings is 1. The Bertz CT molecular complexity index is 1250. The molecule has 1 aliphatic carbocycles. The Morgan fingerprint density at radius 2 is 1.83 bits per heavy atom. The van der Waals surface area contributed by atoms with Gasteiger partial charge in [-0.15, -0.1) is 0 Å². The molecule has 4 heterocycles. The van der Waals surface area contributed by atoms with Crippen molar-refractivity contribution >= 4 is 28.6 Å². The van der Waals surface area contributed by atoms with Crippen molar-refractivity contribution in [3.8, 4) is 11.4 Å². The van der Waals surface area contributed by atoms with Crippen LogP contribution in [-0.4, -0.2) is 49.0 Å².